The average Bonchev–Trinajstić information content (AvgIpc) is 3.78. The van der Waals surface area contributed by atoms with Gasteiger partial charge in [0.1, 0.15) is 0 Å². The Morgan fingerprint density at radius 3 is 2.22 bits per heavy atom. The topological polar surface area (TPSA) is 20.7 Å². The van der Waals surface area contributed by atoms with Gasteiger partial charge in [0.05, 0.1) is 5.52 Å². The molecular formula is C56H54N2. The van der Waals surface area contributed by atoms with Crippen LogP contribution in [0.5, 0.6) is 0 Å². The van der Waals surface area contributed by atoms with Gasteiger partial charge in [-0.3, -0.25) is 0 Å². The number of unbranched alkanes of at least 4 members (excludes halogenated alkanes) is 1. The molecule has 2 nitrogen and oxygen atoms in total. The molecule has 0 fully saturated rings. The number of benzene rings is 6. The molecule has 1 aliphatic rings. The van der Waals surface area contributed by atoms with Crippen molar-refractivity contribution in [2.45, 2.75) is 79.1 Å². The smallest absolute Gasteiger partial charge is 0.0538 e. The van der Waals surface area contributed by atoms with Crippen LogP contribution in [-0.4, -0.2) is 9.55 Å². The van der Waals surface area contributed by atoms with Gasteiger partial charge in [0.15, 0.2) is 0 Å². The van der Waals surface area contributed by atoms with Gasteiger partial charge in [0.2, 0.25) is 0 Å². The Morgan fingerprint density at radius 2 is 1.40 bits per heavy atom. The van der Waals surface area contributed by atoms with Crippen molar-refractivity contribution < 1.29 is 0 Å². The minimum absolute atomic E-state index is 0.901. The minimum atomic E-state index is 0.901. The highest BCUT2D eigenvalue weighted by atomic mass is 15.0. The molecule has 8 aromatic rings. The number of aryl methyl sites for hydroxylation is 2. The molecule has 2 heteroatoms. The van der Waals surface area contributed by atoms with Gasteiger partial charge < -0.3 is 9.55 Å². The molecular weight excluding hydrogens is 701 g/mol. The summed E-state index contributed by atoms with van der Waals surface area (Å²) >= 11 is 0. The van der Waals surface area contributed by atoms with Crippen LogP contribution < -0.4 is 0 Å². The lowest BCUT2D eigenvalue weighted by Gasteiger charge is -2.20. The number of fused-ring (bicyclic) bond motifs is 4. The number of hydrogen-bond donors (Lipinski definition) is 1. The van der Waals surface area contributed by atoms with E-state index in [1.54, 1.807) is 0 Å². The fourth-order valence-corrected chi connectivity index (χ4v) is 9.38. The Balaban J connectivity index is 1.17. The third-order valence-corrected chi connectivity index (χ3v) is 12.5. The molecule has 0 saturated heterocycles. The first-order valence-electron chi connectivity index (χ1n) is 21.5. The van der Waals surface area contributed by atoms with Crippen LogP contribution in [0.15, 0.2) is 151 Å². The SMILES string of the molecule is CCCCc1c(/C=C\Cc2ccccc2C)n(-c2ccc(-c3cccc(C4=C(CCC)C=CCC4)c3C)cc2)c2ccc(-c3ccc4[nH]c5ccccc5c4c3)cc12. The summed E-state index contributed by atoms with van der Waals surface area (Å²) in [6, 6.07) is 47.6. The maximum atomic E-state index is 3.61. The van der Waals surface area contributed by atoms with Gasteiger partial charge in [-0.05, 0) is 162 Å². The van der Waals surface area contributed by atoms with Crippen LogP contribution >= 0.6 is 0 Å². The Bertz CT molecular complexity index is 2870. The molecule has 58 heavy (non-hydrogen) atoms. The fourth-order valence-electron chi connectivity index (χ4n) is 9.38. The number of H-pyrrole nitrogens is 1. The lowest BCUT2D eigenvalue weighted by atomic mass is 9.85. The van der Waals surface area contributed by atoms with Gasteiger partial charge in [0.25, 0.3) is 0 Å². The largest absolute Gasteiger partial charge is 0.355 e. The summed E-state index contributed by atoms with van der Waals surface area (Å²) in [7, 11) is 0. The van der Waals surface area contributed by atoms with Gasteiger partial charge in [-0.15, -0.1) is 0 Å². The second-order valence-electron chi connectivity index (χ2n) is 16.2. The zero-order valence-corrected chi connectivity index (χ0v) is 34.5. The van der Waals surface area contributed by atoms with Gasteiger partial charge in [-0.2, -0.15) is 0 Å². The minimum Gasteiger partial charge on any atom is -0.355 e. The molecule has 288 valence electrons. The normalized spacial score (nSPS) is 13.2. The monoisotopic (exact) mass is 754 g/mol. The molecule has 0 spiro atoms. The summed E-state index contributed by atoms with van der Waals surface area (Å²) in [6.07, 6.45) is 18.3. The molecule has 9 rings (SSSR count). The Morgan fingerprint density at radius 1 is 0.655 bits per heavy atom. The number of hydrogen-bond acceptors (Lipinski definition) is 0. The number of rotatable bonds is 12. The van der Waals surface area contributed by atoms with Crippen molar-refractivity contribution in [2.24, 2.45) is 0 Å². The number of aromatic amines is 1. The lowest BCUT2D eigenvalue weighted by molar-refractivity contribution is 0.795. The summed E-state index contributed by atoms with van der Waals surface area (Å²) in [5, 5.41) is 3.88. The van der Waals surface area contributed by atoms with E-state index in [9.17, 15) is 0 Å². The molecule has 0 aliphatic heterocycles. The van der Waals surface area contributed by atoms with Crippen molar-refractivity contribution in [3.8, 4) is 27.9 Å². The lowest BCUT2D eigenvalue weighted by Crippen LogP contribution is -2.00. The molecule has 2 heterocycles. The predicted octanol–water partition coefficient (Wildman–Crippen LogP) is 15.7. The van der Waals surface area contributed by atoms with Gasteiger partial charge in [-0.25, -0.2) is 0 Å². The number of aromatic nitrogens is 2. The van der Waals surface area contributed by atoms with Crippen molar-refractivity contribution in [3.05, 3.63) is 185 Å². The van der Waals surface area contributed by atoms with Crippen LogP contribution in [0.2, 0.25) is 0 Å². The van der Waals surface area contributed by atoms with Crippen LogP contribution in [0.3, 0.4) is 0 Å². The summed E-state index contributed by atoms with van der Waals surface area (Å²) in [4.78, 5) is 3.61. The Hall–Kier alpha value is -6.12. The van der Waals surface area contributed by atoms with E-state index in [1.807, 2.05) is 0 Å². The predicted molar refractivity (Wildman–Crippen MR) is 251 cm³/mol. The van der Waals surface area contributed by atoms with Crippen LogP contribution in [0.4, 0.5) is 0 Å². The number of para-hydroxylation sites is 1. The summed E-state index contributed by atoms with van der Waals surface area (Å²) in [5.41, 5.74) is 21.1. The second-order valence-corrected chi connectivity index (χ2v) is 16.2. The zero-order valence-electron chi connectivity index (χ0n) is 34.5. The maximum Gasteiger partial charge on any atom is 0.0538 e. The van der Waals surface area contributed by atoms with E-state index in [4.69, 9.17) is 0 Å². The highest BCUT2D eigenvalue weighted by Crippen LogP contribution is 2.39. The van der Waals surface area contributed by atoms with E-state index in [0.29, 0.717) is 0 Å². The number of nitrogens with one attached hydrogen (secondary N) is 1. The summed E-state index contributed by atoms with van der Waals surface area (Å²) in [6.45, 7) is 9.12. The van der Waals surface area contributed by atoms with E-state index in [-0.39, 0.29) is 0 Å². The molecule has 0 saturated carbocycles. The molecule has 2 aromatic heterocycles. The first kappa shape index (κ1) is 37.5. The van der Waals surface area contributed by atoms with Gasteiger partial charge in [-0.1, -0.05) is 130 Å². The molecule has 0 atom stereocenters. The van der Waals surface area contributed by atoms with Crippen LogP contribution in [-0.2, 0) is 12.8 Å². The molecule has 0 unspecified atom stereocenters. The van der Waals surface area contributed by atoms with Crippen LogP contribution in [0, 0.1) is 13.8 Å². The number of allylic oxidation sites excluding steroid dienone is 5. The molecule has 1 N–H and O–H groups in total. The number of nitrogens with zero attached hydrogens (tertiary/aromatic N) is 1. The van der Waals surface area contributed by atoms with Crippen LogP contribution in [0.1, 0.15) is 85.9 Å². The average molecular weight is 755 g/mol. The van der Waals surface area contributed by atoms with Crippen molar-refractivity contribution in [1.82, 2.24) is 9.55 Å². The van der Waals surface area contributed by atoms with E-state index in [0.717, 1.165) is 44.9 Å². The third kappa shape index (κ3) is 7.06. The van der Waals surface area contributed by atoms with Crippen molar-refractivity contribution in [1.29, 1.82) is 0 Å². The summed E-state index contributed by atoms with van der Waals surface area (Å²) < 4.78 is 2.52. The van der Waals surface area contributed by atoms with E-state index in [2.05, 4.69) is 189 Å². The molecule has 0 radical (unpaired) electrons. The van der Waals surface area contributed by atoms with Crippen molar-refractivity contribution in [2.75, 3.05) is 0 Å². The Labute approximate surface area is 344 Å². The quantitative estimate of drug-likeness (QED) is 0.128. The van der Waals surface area contributed by atoms with E-state index in [1.165, 1.54) is 112 Å². The third-order valence-electron chi connectivity index (χ3n) is 12.5. The van der Waals surface area contributed by atoms with Crippen molar-refractivity contribution in [3.63, 3.8) is 0 Å². The van der Waals surface area contributed by atoms with E-state index < -0.39 is 0 Å². The molecule has 0 amide bonds. The summed E-state index contributed by atoms with van der Waals surface area (Å²) in [5.74, 6) is 0. The maximum absolute atomic E-state index is 3.61. The Kier molecular flexibility index (Phi) is 10.6. The fraction of sp³-hybridized carbons (Fsp3) is 0.214. The first-order valence-corrected chi connectivity index (χ1v) is 21.5. The van der Waals surface area contributed by atoms with Gasteiger partial charge in [0, 0.05) is 38.6 Å². The molecule has 1 aliphatic carbocycles. The van der Waals surface area contributed by atoms with Gasteiger partial charge >= 0.3 is 0 Å². The standard InChI is InChI=1S/C56H54N2/c1-5-7-21-50-52-37-44(43-30-34-54-51(36-43)49-23-12-13-26-53(49)57-54)31-35-56(52)58(55(50)27-14-20-40-18-9-8-17-38(40)3)45-32-28-42(29-33-45)46-24-15-25-47(39(46)4)48-22-11-10-19-41(48)16-6-2/h8-10,12-15,17-19,23-37,57H,5-7,11,16,20-22H2,1-4H3/b27-14-. The highest BCUT2D eigenvalue weighted by Gasteiger charge is 2.19. The van der Waals surface area contributed by atoms with Crippen molar-refractivity contribution >= 4 is 44.4 Å². The second kappa shape index (κ2) is 16.4. The molecule has 0 bridgehead atoms. The first-order chi connectivity index (χ1) is 28.5. The van der Waals surface area contributed by atoms with E-state index >= 15 is 0 Å². The molecule has 6 aromatic carbocycles. The highest BCUT2D eigenvalue weighted by molar-refractivity contribution is 6.08. The zero-order chi connectivity index (χ0) is 39.6. The van der Waals surface area contributed by atoms with Crippen LogP contribution in [0.25, 0.3) is 72.3 Å².